The molecule has 6 nitrogen and oxygen atoms in total. The number of para-hydroxylation sites is 1. The summed E-state index contributed by atoms with van der Waals surface area (Å²) in [6.45, 7) is 0. The van der Waals surface area contributed by atoms with Gasteiger partial charge in [0.2, 0.25) is 0 Å². The summed E-state index contributed by atoms with van der Waals surface area (Å²) in [5, 5.41) is 19.6. The molecule has 31 heavy (non-hydrogen) atoms. The third-order valence-electron chi connectivity index (χ3n) is 5.68. The van der Waals surface area contributed by atoms with E-state index in [4.69, 9.17) is 21.4 Å². The van der Waals surface area contributed by atoms with Crippen LogP contribution in [0, 0.1) is 5.92 Å². The molecular formula is C24H19ClN2O4. The Hall–Kier alpha value is -3.51. The van der Waals surface area contributed by atoms with E-state index in [-0.39, 0.29) is 17.8 Å². The van der Waals surface area contributed by atoms with Crippen molar-refractivity contribution in [2.45, 2.75) is 18.9 Å². The summed E-state index contributed by atoms with van der Waals surface area (Å²) in [4.78, 5) is 18.5. The maximum absolute atomic E-state index is 10.9. The van der Waals surface area contributed by atoms with Crippen molar-refractivity contribution in [1.29, 1.82) is 0 Å². The molecule has 0 aliphatic heterocycles. The number of ether oxygens (including phenoxy) is 1. The number of rotatable bonds is 5. The number of benzene rings is 3. The lowest BCUT2D eigenvalue weighted by Gasteiger charge is -2.31. The van der Waals surface area contributed by atoms with E-state index in [1.807, 2.05) is 48.5 Å². The SMILES string of the molecule is O=C(O)C1CC(Oc2nc3cc(-c4ccc(-c5ccccc5O)cc4)c(Cl)cc3[nH]2)C1. The molecule has 5 rings (SSSR count). The largest absolute Gasteiger partial charge is 0.507 e. The average Bonchev–Trinajstić information content (AvgIpc) is 3.11. The normalized spacial score (nSPS) is 18.0. The first kappa shape index (κ1) is 19.5. The number of nitrogens with one attached hydrogen (secondary N) is 1. The van der Waals surface area contributed by atoms with Crippen LogP contribution in [0.3, 0.4) is 0 Å². The first-order valence-corrected chi connectivity index (χ1v) is 10.3. The second-order valence-corrected chi connectivity index (χ2v) is 8.14. The predicted octanol–water partition coefficient (Wildman–Crippen LogP) is 5.50. The number of carboxylic acid groups (broad SMARTS) is 1. The van der Waals surface area contributed by atoms with Crippen LogP contribution in [0.15, 0.2) is 60.7 Å². The van der Waals surface area contributed by atoms with Crippen molar-refractivity contribution in [2.75, 3.05) is 0 Å². The van der Waals surface area contributed by atoms with Crippen LogP contribution >= 0.6 is 11.6 Å². The lowest BCUT2D eigenvalue weighted by molar-refractivity contribution is -0.148. The van der Waals surface area contributed by atoms with Crippen LogP contribution in [0.4, 0.5) is 0 Å². The maximum Gasteiger partial charge on any atom is 0.306 e. The summed E-state index contributed by atoms with van der Waals surface area (Å²) in [5.74, 6) is -0.884. The highest BCUT2D eigenvalue weighted by Crippen LogP contribution is 2.36. The van der Waals surface area contributed by atoms with Crippen LogP contribution in [0.1, 0.15) is 12.8 Å². The molecule has 1 heterocycles. The number of halogens is 1. The minimum Gasteiger partial charge on any atom is -0.507 e. The molecule has 3 aromatic carbocycles. The van der Waals surface area contributed by atoms with Gasteiger partial charge in [-0.15, -0.1) is 0 Å². The third kappa shape index (κ3) is 3.70. The number of hydrogen-bond donors (Lipinski definition) is 3. The number of fused-ring (bicyclic) bond motifs is 1. The Morgan fingerprint density at radius 3 is 2.39 bits per heavy atom. The fraction of sp³-hybridized carbons (Fsp3) is 0.167. The van der Waals surface area contributed by atoms with Crippen molar-refractivity contribution < 1.29 is 19.7 Å². The van der Waals surface area contributed by atoms with E-state index in [9.17, 15) is 9.90 Å². The number of imidazole rings is 1. The van der Waals surface area contributed by atoms with Crippen LogP contribution in [0.5, 0.6) is 11.8 Å². The van der Waals surface area contributed by atoms with Gasteiger partial charge in [-0.2, -0.15) is 4.98 Å². The number of aromatic hydroxyl groups is 1. The van der Waals surface area contributed by atoms with Gasteiger partial charge in [-0.1, -0.05) is 54.1 Å². The number of aliphatic carboxylic acids is 1. The molecule has 0 spiro atoms. The molecule has 7 heteroatoms. The van der Waals surface area contributed by atoms with Gasteiger partial charge in [0.15, 0.2) is 0 Å². The van der Waals surface area contributed by atoms with E-state index in [0.717, 1.165) is 27.8 Å². The van der Waals surface area contributed by atoms with Crippen molar-refractivity contribution in [3.8, 4) is 34.0 Å². The van der Waals surface area contributed by atoms with Gasteiger partial charge in [-0.05, 0) is 42.2 Å². The van der Waals surface area contributed by atoms with Crippen LogP contribution in [0.2, 0.25) is 5.02 Å². The van der Waals surface area contributed by atoms with Crippen LogP contribution in [-0.4, -0.2) is 32.3 Å². The van der Waals surface area contributed by atoms with E-state index in [2.05, 4.69) is 9.97 Å². The van der Waals surface area contributed by atoms with Gasteiger partial charge < -0.3 is 19.9 Å². The first-order valence-electron chi connectivity index (χ1n) is 9.95. The molecular weight excluding hydrogens is 416 g/mol. The number of nitrogens with zero attached hydrogens (tertiary/aromatic N) is 1. The summed E-state index contributed by atoms with van der Waals surface area (Å²) >= 11 is 6.53. The predicted molar refractivity (Wildman–Crippen MR) is 118 cm³/mol. The first-order chi connectivity index (χ1) is 15.0. The molecule has 3 N–H and O–H groups in total. The Morgan fingerprint density at radius 2 is 1.71 bits per heavy atom. The van der Waals surface area contributed by atoms with Crippen LogP contribution in [0.25, 0.3) is 33.3 Å². The number of aromatic amines is 1. The fourth-order valence-electron chi connectivity index (χ4n) is 3.85. The third-order valence-corrected chi connectivity index (χ3v) is 5.99. The smallest absolute Gasteiger partial charge is 0.306 e. The minimum atomic E-state index is -0.783. The van der Waals surface area contributed by atoms with Gasteiger partial charge in [0.05, 0.1) is 22.0 Å². The molecule has 1 aliphatic carbocycles. The molecule has 1 saturated carbocycles. The van der Waals surface area contributed by atoms with Crippen molar-refractivity contribution in [2.24, 2.45) is 5.92 Å². The molecule has 0 unspecified atom stereocenters. The van der Waals surface area contributed by atoms with Gasteiger partial charge in [-0.3, -0.25) is 4.79 Å². The average molecular weight is 435 g/mol. The summed E-state index contributed by atoms with van der Waals surface area (Å²) in [6, 6.07) is 19.1. The molecule has 1 fully saturated rings. The van der Waals surface area contributed by atoms with Gasteiger partial charge in [0.1, 0.15) is 11.9 Å². The quantitative estimate of drug-likeness (QED) is 0.385. The summed E-state index contributed by atoms with van der Waals surface area (Å²) < 4.78 is 5.78. The summed E-state index contributed by atoms with van der Waals surface area (Å²) in [7, 11) is 0. The van der Waals surface area contributed by atoms with Gasteiger partial charge in [0, 0.05) is 11.1 Å². The van der Waals surface area contributed by atoms with Crippen molar-refractivity contribution in [3.05, 3.63) is 65.7 Å². The number of carboxylic acids is 1. The summed E-state index contributed by atoms with van der Waals surface area (Å²) in [5.41, 5.74) is 4.92. The number of phenolic OH excluding ortho intramolecular Hbond substituents is 1. The highest BCUT2D eigenvalue weighted by atomic mass is 35.5. The monoisotopic (exact) mass is 434 g/mol. The standard InChI is InChI=1S/C24H19ClN2O4/c25-19-12-21-20(26-24(27-21)31-16-9-15(10-16)23(29)30)11-18(19)14-7-5-13(6-8-14)17-3-1-2-4-22(17)28/h1-8,11-12,15-16,28H,9-10H2,(H,26,27)(H,29,30). The van der Waals surface area contributed by atoms with Gasteiger partial charge in [-0.25, -0.2) is 0 Å². The summed E-state index contributed by atoms with van der Waals surface area (Å²) in [6.07, 6.45) is 0.835. The maximum atomic E-state index is 10.9. The molecule has 0 bridgehead atoms. The van der Waals surface area contributed by atoms with Gasteiger partial charge >= 0.3 is 5.97 Å². The highest BCUT2D eigenvalue weighted by molar-refractivity contribution is 6.34. The van der Waals surface area contributed by atoms with Crippen molar-refractivity contribution in [1.82, 2.24) is 9.97 Å². The molecule has 156 valence electrons. The van der Waals surface area contributed by atoms with Crippen molar-refractivity contribution in [3.63, 3.8) is 0 Å². The Labute approximate surface area is 183 Å². The zero-order valence-corrected chi connectivity index (χ0v) is 17.1. The molecule has 4 aromatic rings. The zero-order chi connectivity index (χ0) is 21.5. The number of H-pyrrole nitrogens is 1. The fourth-order valence-corrected chi connectivity index (χ4v) is 4.13. The molecule has 0 atom stereocenters. The molecule has 0 amide bonds. The molecule has 0 saturated heterocycles. The number of carbonyl (C=O) groups is 1. The van der Waals surface area contributed by atoms with E-state index >= 15 is 0 Å². The second-order valence-electron chi connectivity index (χ2n) is 7.73. The number of aromatic nitrogens is 2. The molecule has 1 aromatic heterocycles. The zero-order valence-electron chi connectivity index (χ0n) is 16.4. The van der Waals surface area contributed by atoms with E-state index in [1.165, 1.54) is 0 Å². The van der Waals surface area contributed by atoms with E-state index < -0.39 is 5.97 Å². The lowest BCUT2D eigenvalue weighted by Crippen LogP contribution is -2.38. The van der Waals surface area contributed by atoms with Gasteiger partial charge in [0.25, 0.3) is 6.01 Å². The Kier molecular flexibility index (Phi) is 4.79. The Morgan fingerprint density at radius 1 is 1.03 bits per heavy atom. The minimum absolute atomic E-state index is 0.140. The Bertz CT molecular complexity index is 1280. The number of hydrogen-bond acceptors (Lipinski definition) is 4. The lowest BCUT2D eigenvalue weighted by atomic mass is 9.82. The Balaban J connectivity index is 1.39. The topological polar surface area (TPSA) is 95.4 Å². The second kappa shape index (κ2) is 7.63. The number of phenols is 1. The molecule has 1 aliphatic rings. The van der Waals surface area contributed by atoms with E-state index in [0.29, 0.717) is 29.4 Å². The highest BCUT2D eigenvalue weighted by Gasteiger charge is 2.36. The van der Waals surface area contributed by atoms with Crippen LogP contribution < -0.4 is 4.74 Å². The van der Waals surface area contributed by atoms with E-state index in [1.54, 1.807) is 12.1 Å². The molecule has 0 radical (unpaired) electrons. The van der Waals surface area contributed by atoms with Crippen LogP contribution in [-0.2, 0) is 4.79 Å². The van der Waals surface area contributed by atoms with Crippen molar-refractivity contribution >= 4 is 28.6 Å².